The number of nitrogens with one attached hydrogen (secondary N) is 2. The van der Waals surface area contributed by atoms with Crippen LogP contribution in [0.5, 0.6) is 5.75 Å². The molecule has 2 N–H and O–H groups in total. The molecule has 0 atom stereocenters. The number of rotatable bonds is 6. The Morgan fingerprint density at radius 3 is 2.78 bits per heavy atom. The summed E-state index contributed by atoms with van der Waals surface area (Å²) in [5.74, 6) is 1.26. The molecule has 138 valence electrons. The first kappa shape index (κ1) is 18.6. The molecule has 0 bridgehead atoms. The number of carbonyl (C=O) groups is 1. The van der Waals surface area contributed by atoms with Crippen molar-refractivity contribution in [3.8, 4) is 5.75 Å². The average molecular weight is 384 g/mol. The molecule has 8 heteroatoms. The van der Waals surface area contributed by atoms with Gasteiger partial charge in [-0.1, -0.05) is 17.7 Å². The van der Waals surface area contributed by atoms with Gasteiger partial charge in [-0.15, -0.1) is 0 Å². The van der Waals surface area contributed by atoms with Gasteiger partial charge in [-0.25, -0.2) is 9.97 Å². The van der Waals surface area contributed by atoms with E-state index in [1.807, 2.05) is 18.2 Å². The predicted molar refractivity (Wildman–Crippen MR) is 103 cm³/mol. The summed E-state index contributed by atoms with van der Waals surface area (Å²) < 4.78 is 5.14. The third-order valence-corrected chi connectivity index (χ3v) is 3.97. The summed E-state index contributed by atoms with van der Waals surface area (Å²) in [6.45, 7) is 2.09. The second kappa shape index (κ2) is 8.46. The van der Waals surface area contributed by atoms with Crippen molar-refractivity contribution in [3.05, 3.63) is 70.9 Å². The number of hydrogen-bond donors (Lipinski definition) is 2. The minimum atomic E-state index is -0.292. The van der Waals surface area contributed by atoms with Crippen molar-refractivity contribution in [1.29, 1.82) is 0 Å². The van der Waals surface area contributed by atoms with Crippen LogP contribution in [-0.4, -0.2) is 28.0 Å². The van der Waals surface area contributed by atoms with Crippen LogP contribution >= 0.6 is 11.6 Å². The summed E-state index contributed by atoms with van der Waals surface area (Å²) in [4.78, 5) is 25.0. The lowest BCUT2D eigenvalue weighted by Crippen LogP contribution is -2.24. The molecule has 0 aliphatic rings. The van der Waals surface area contributed by atoms with Crippen LogP contribution in [0.2, 0.25) is 5.02 Å². The third-order valence-electron chi connectivity index (χ3n) is 3.67. The van der Waals surface area contributed by atoms with E-state index in [0.717, 1.165) is 11.3 Å². The van der Waals surface area contributed by atoms with Gasteiger partial charge in [-0.3, -0.25) is 9.78 Å². The van der Waals surface area contributed by atoms with Crippen molar-refractivity contribution in [2.24, 2.45) is 0 Å². The first-order valence-corrected chi connectivity index (χ1v) is 8.56. The number of aryl methyl sites for hydroxylation is 1. The van der Waals surface area contributed by atoms with Crippen LogP contribution in [0.1, 0.15) is 21.9 Å². The molecule has 0 radical (unpaired) electrons. The lowest BCUT2D eigenvalue weighted by Gasteiger charge is -2.10. The molecule has 0 aliphatic carbocycles. The maximum Gasteiger partial charge on any atom is 0.270 e. The Bertz CT molecular complexity index is 950. The molecular weight excluding hydrogens is 366 g/mol. The van der Waals surface area contributed by atoms with E-state index in [1.54, 1.807) is 44.6 Å². The minimum Gasteiger partial charge on any atom is -0.495 e. The zero-order valence-corrected chi connectivity index (χ0v) is 15.6. The number of anilines is 2. The van der Waals surface area contributed by atoms with Crippen LogP contribution in [0, 0.1) is 6.92 Å². The molecule has 0 saturated heterocycles. The molecule has 3 rings (SSSR count). The summed E-state index contributed by atoms with van der Waals surface area (Å²) in [6.07, 6.45) is 3.38. The molecule has 3 aromatic rings. The van der Waals surface area contributed by atoms with Gasteiger partial charge < -0.3 is 15.4 Å². The SMILES string of the molecule is COc1ccc(Nc2cc(C(=O)NCc3cccnc3)nc(C)n2)cc1Cl. The van der Waals surface area contributed by atoms with Crippen molar-refractivity contribution in [2.75, 3.05) is 12.4 Å². The number of carbonyl (C=O) groups excluding carboxylic acids is 1. The van der Waals surface area contributed by atoms with Crippen molar-refractivity contribution in [2.45, 2.75) is 13.5 Å². The smallest absolute Gasteiger partial charge is 0.270 e. The Labute approximate surface area is 161 Å². The Hall–Kier alpha value is -3.19. The first-order chi connectivity index (χ1) is 13.0. The fourth-order valence-corrected chi connectivity index (χ4v) is 2.67. The lowest BCUT2D eigenvalue weighted by molar-refractivity contribution is 0.0945. The molecule has 7 nitrogen and oxygen atoms in total. The standard InChI is InChI=1S/C19H18ClN5O2/c1-12-23-16(19(26)22-11-13-4-3-7-21-10-13)9-18(24-12)25-14-5-6-17(27-2)15(20)8-14/h3-10H,11H2,1-2H3,(H,22,26)(H,23,24,25). The van der Waals surface area contributed by atoms with Gasteiger partial charge in [0.05, 0.1) is 12.1 Å². The fraction of sp³-hybridized carbons (Fsp3) is 0.158. The number of pyridine rings is 1. The van der Waals surface area contributed by atoms with Crippen molar-refractivity contribution in [1.82, 2.24) is 20.3 Å². The second-order valence-corrected chi connectivity index (χ2v) is 6.11. The quantitative estimate of drug-likeness (QED) is 0.677. The van der Waals surface area contributed by atoms with E-state index < -0.39 is 0 Å². The molecule has 2 aromatic heterocycles. The number of nitrogens with zero attached hydrogens (tertiary/aromatic N) is 3. The van der Waals surface area contributed by atoms with Gasteiger partial charge in [0, 0.05) is 30.7 Å². The molecule has 0 fully saturated rings. The molecular formula is C19H18ClN5O2. The van der Waals surface area contributed by atoms with Gasteiger partial charge in [0.1, 0.15) is 23.1 Å². The highest BCUT2D eigenvalue weighted by atomic mass is 35.5. The van der Waals surface area contributed by atoms with Crippen LogP contribution in [0.4, 0.5) is 11.5 Å². The predicted octanol–water partition coefficient (Wildman–Crippen LogP) is 3.52. The van der Waals surface area contributed by atoms with Gasteiger partial charge in [0.15, 0.2) is 0 Å². The van der Waals surface area contributed by atoms with E-state index in [0.29, 0.717) is 29.0 Å². The zero-order valence-electron chi connectivity index (χ0n) is 14.9. The highest BCUT2D eigenvalue weighted by Crippen LogP contribution is 2.28. The van der Waals surface area contributed by atoms with Crippen LogP contribution < -0.4 is 15.4 Å². The van der Waals surface area contributed by atoms with Crippen LogP contribution in [0.15, 0.2) is 48.8 Å². The minimum absolute atomic E-state index is 0.272. The summed E-state index contributed by atoms with van der Waals surface area (Å²) >= 11 is 6.14. The van der Waals surface area contributed by atoms with Crippen LogP contribution in [0.3, 0.4) is 0 Å². The number of halogens is 1. The summed E-state index contributed by atoms with van der Waals surface area (Å²) in [5, 5.41) is 6.42. The molecule has 1 amide bonds. The number of benzene rings is 1. The topological polar surface area (TPSA) is 89.0 Å². The maximum atomic E-state index is 12.4. The number of methoxy groups -OCH3 is 1. The van der Waals surface area contributed by atoms with Crippen molar-refractivity contribution < 1.29 is 9.53 Å². The van der Waals surface area contributed by atoms with Gasteiger partial charge in [-0.2, -0.15) is 0 Å². The van der Waals surface area contributed by atoms with Crippen LogP contribution in [0.25, 0.3) is 0 Å². The van der Waals surface area contributed by atoms with Crippen LogP contribution in [-0.2, 0) is 6.54 Å². The molecule has 0 aliphatic heterocycles. The normalized spacial score (nSPS) is 10.3. The Morgan fingerprint density at radius 2 is 2.07 bits per heavy atom. The maximum absolute atomic E-state index is 12.4. The highest BCUT2D eigenvalue weighted by Gasteiger charge is 2.11. The summed E-state index contributed by atoms with van der Waals surface area (Å²) in [5.41, 5.74) is 1.90. The Kier molecular flexibility index (Phi) is 5.83. The monoisotopic (exact) mass is 383 g/mol. The van der Waals surface area contributed by atoms with E-state index in [4.69, 9.17) is 16.3 Å². The number of amides is 1. The molecule has 27 heavy (non-hydrogen) atoms. The largest absolute Gasteiger partial charge is 0.495 e. The van der Waals surface area contributed by atoms with Gasteiger partial charge in [0.2, 0.25) is 0 Å². The Balaban J connectivity index is 1.73. The summed E-state index contributed by atoms with van der Waals surface area (Å²) in [6, 6.07) is 10.6. The average Bonchev–Trinajstić information content (AvgIpc) is 2.66. The van der Waals surface area contributed by atoms with E-state index in [2.05, 4.69) is 25.6 Å². The van der Waals surface area contributed by atoms with Crippen molar-refractivity contribution in [3.63, 3.8) is 0 Å². The number of ether oxygens (including phenoxy) is 1. The van der Waals surface area contributed by atoms with E-state index >= 15 is 0 Å². The van der Waals surface area contributed by atoms with E-state index in [-0.39, 0.29) is 11.6 Å². The third kappa shape index (κ3) is 4.92. The molecule has 0 spiro atoms. The zero-order chi connectivity index (χ0) is 19.2. The second-order valence-electron chi connectivity index (χ2n) is 5.70. The number of aromatic nitrogens is 3. The highest BCUT2D eigenvalue weighted by molar-refractivity contribution is 6.32. The van der Waals surface area contributed by atoms with Gasteiger partial charge in [0.25, 0.3) is 5.91 Å². The Morgan fingerprint density at radius 1 is 1.22 bits per heavy atom. The summed E-state index contributed by atoms with van der Waals surface area (Å²) in [7, 11) is 1.55. The fourth-order valence-electron chi connectivity index (χ4n) is 2.42. The van der Waals surface area contributed by atoms with E-state index in [1.165, 1.54) is 0 Å². The van der Waals surface area contributed by atoms with E-state index in [9.17, 15) is 4.79 Å². The molecule has 2 heterocycles. The van der Waals surface area contributed by atoms with Gasteiger partial charge >= 0.3 is 0 Å². The van der Waals surface area contributed by atoms with Gasteiger partial charge in [-0.05, 0) is 36.8 Å². The lowest BCUT2D eigenvalue weighted by atomic mass is 10.2. The van der Waals surface area contributed by atoms with Crippen molar-refractivity contribution >= 4 is 29.0 Å². The molecule has 1 aromatic carbocycles. The first-order valence-electron chi connectivity index (χ1n) is 8.18. The molecule has 0 saturated carbocycles. The number of hydrogen-bond acceptors (Lipinski definition) is 6. The molecule has 0 unspecified atom stereocenters.